The first kappa shape index (κ1) is 17.4. The highest BCUT2D eigenvalue weighted by molar-refractivity contribution is 6.39. The number of carbonyl (C=O) groups excluding carboxylic acids is 2. The molecule has 0 heterocycles. The molecule has 2 atom stereocenters. The van der Waals surface area contributed by atoms with Crippen LogP contribution in [0.5, 0.6) is 0 Å². The Morgan fingerprint density at radius 3 is 2.67 bits per heavy atom. The molecule has 0 bridgehead atoms. The van der Waals surface area contributed by atoms with E-state index in [1.54, 1.807) is 0 Å². The van der Waals surface area contributed by atoms with Crippen molar-refractivity contribution in [2.45, 2.75) is 26.4 Å². The van der Waals surface area contributed by atoms with Crippen LogP contribution in [0.3, 0.4) is 0 Å². The average molecular weight is 317 g/mol. The van der Waals surface area contributed by atoms with E-state index in [2.05, 4.69) is 10.6 Å². The summed E-state index contributed by atoms with van der Waals surface area (Å²) in [4.78, 5) is 23.2. The van der Waals surface area contributed by atoms with E-state index in [-0.39, 0.29) is 23.2 Å². The quantitative estimate of drug-likeness (QED) is 0.726. The molecule has 0 fully saturated rings. The van der Waals surface area contributed by atoms with Gasteiger partial charge in [0.05, 0.1) is 11.8 Å². The molecule has 3 N–H and O–H groups in total. The molecule has 0 aromatic heterocycles. The molecule has 0 saturated heterocycles. The van der Waals surface area contributed by atoms with Crippen LogP contribution in [0.2, 0.25) is 5.02 Å². The third kappa shape index (κ3) is 5.32. The van der Waals surface area contributed by atoms with E-state index >= 15 is 0 Å². The molecule has 1 aromatic rings. The van der Waals surface area contributed by atoms with Crippen LogP contribution in [0, 0.1) is 11.7 Å². The summed E-state index contributed by atoms with van der Waals surface area (Å²) in [5, 5.41) is 14.4. The zero-order valence-electron chi connectivity index (χ0n) is 11.8. The van der Waals surface area contributed by atoms with Crippen LogP contribution in [-0.4, -0.2) is 29.6 Å². The Bertz CT molecular complexity index is 525. The summed E-state index contributed by atoms with van der Waals surface area (Å²) < 4.78 is 13.4. The minimum atomic E-state index is -1.02. The molecule has 0 aliphatic rings. The molecule has 0 radical (unpaired) electrons. The summed E-state index contributed by atoms with van der Waals surface area (Å²) in [6.45, 7) is 3.70. The van der Waals surface area contributed by atoms with Crippen LogP contribution in [0.4, 0.5) is 10.1 Å². The van der Waals surface area contributed by atoms with Crippen LogP contribution >= 0.6 is 11.6 Å². The van der Waals surface area contributed by atoms with E-state index in [1.165, 1.54) is 12.1 Å². The number of rotatable bonds is 5. The fraction of sp³-hybridized carbons (Fsp3) is 0.429. The van der Waals surface area contributed by atoms with Gasteiger partial charge in [0.2, 0.25) is 0 Å². The van der Waals surface area contributed by atoms with Crippen molar-refractivity contribution in [3.8, 4) is 0 Å². The van der Waals surface area contributed by atoms with Crippen molar-refractivity contribution in [1.82, 2.24) is 5.32 Å². The van der Waals surface area contributed by atoms with Gasteiger partial charge in [-0.2, -0.15) is 0 Å². The Morgan fingerprint density at radius 2 is 2.05 bits per heavy atom. The van der Waals surface area contributed by atoms with E-state index < -0.39 is 23.7 Å². The van der Waals surface area contributed by atoms with Gasteiger partial charge < -0.3 is 15.7 Å². The topological polar surface area (TPSA) is 78.4 Å². The maximum absolute atomic E-state index is 13.4. The molecular weight excluding hydrogens is 299 g/mol. The molecule has 21 heavy (non-hydrogen) atoms. The number of anilines is 1. The van der Waals surface area contributed by atoms with Crippen LogP contribution in [-0.2, 0) is 9.59 Å². The molecule has 1 rings (SSSR count). The number of amides is 2. The van der Waals surface area contributed by atoms with Crippen molar-refractivity contribution >= 4 is 29.1 Å². The smallest absolute Gasteiger partial charge is 0.313 e. The van der Waals surface area contributed by atoms with Gasteiger partial charge in [0, 0.05) is 11.6 Å². The Balaban J connectivity index is 2.55. The number of hydrogen-bond acceptors (Lipinski definition) is 3. The Kier molecular flexibility index (Phi) is 6.58. The van der Waals surface area contributed by atoms with E-state index in [0.717, 1.165) is 12.5 Å². The second kappa shape index (κ2) is 7.95. The van der Waals surface area contributed by atoms with Crippen LogP contribution in [0.15, 0.2) is 18.2 Å². The highest BCUT2D eigenvalue weighted by atomic mass is 35.5. The third-order valence-electron chi connectivity index (χ3n) is 3.16. The van der Waals surface area contributed by atoms with Crippen molar-refractivity contribution < 1.29 is 19.1 Å². The highest BCUT2D eigenvalue weighted by Crippen LogP contribution is 2.19. The summed E-state index contributed by atoms with van der Waals surface area (Å²) in [5.74, 6) is -2.66. The standard InChI is InChI=1S/C14H18ClFN2O3/c1-3-8(2)12(19)7-17-13(20)14(21)18-11-6-9(15)4-5-10(11)16/h4-6,8,12,19H,3,7H2,1-2H3,(H,17,20)(H,18,21). The largest absolute Gasteiger partial charge is 0.391 e. The Morgan fingerprint density at radius 1 is 1.38 bits per heavy atom. The van der Waals surface area contributed by atoms with E-state index in [4.69, 9.17) is 11.6 Å². The first-order valence-corrected chi connectivity index (χ1v) is 6.95. The van der Waals surface area contributed by atoms with Gasteiger partial charge >= 0.3 is 11.8 Å². The molecule has 0 spiro atoms. The maximum Gasteiger partial charge on any atom is 0.313 e. The Hall–Kier alpha value is -1.66. The summed E-state index contributed by atoms with van der Waals surface area (Å²) >= 11 is 5.68. The van der Waals surface area contributed by atoms with E-state index in [0.29, 0.717) is 0 Å². The second-order valence-corrected chi connectivity index (χ2v) is 5.18. The first-order chi connectivity index (χ1) is 9.85. The van der Waals surface area contributed by atoms with Crippen molar-refractivity contribution in [3.05, 3.63) is 29.0 Å². The summed E-state index contributed by atoms with van der Waals surface area (Å²) in [6, 6.07) is 3.62. The SMILES string of the molecule is CCC(C)C(O)CNC(=O)C(=O)Nc1cc(Cl)ccc1F. The zero-order chi connectivity index (χ0) is 16.0. The molecular formula is C14H18ClFN2O3. The molecule has 2 amide bonds. The van der Waals surface area contributed by atoms with E-state index in [9.17, 15) is 19.1 Å². The number of halogens is 2. The molecule has 7 heteroatoms. The fourth-order valence-corrected chi connectivity index (χ4v) is 1.70. The Labute approximate surface area is 127 Å². The molecule has 5 nitrogen and oxygen atoms in total. The molecule has 0 aliphatic carbocycles. The lowest BCUT2D eigenvalue weighted by Crippen LogP contribution is -2.41. The van der Waals surface area contributed by atoms with Crippen LogP contribution in [0.1, 0.15) is 20.3 Å². The molecule has 1 aromatic carbocycles. The van der Waals surface area contributed by atoms with Gasteiger partial charge in [-0.3, -0.25) is 9.59 Å². The number of benzene rings is 1. The van der Waals surface area contributed by atoms with Gasteiger partial charge in [0.15, 0.2) is 0 Å². The summed E-state index contributed by atoms with van der Waals surface area (Å²) in [7, 11) is 0. The normalized spacial score (nSPS) is 13.4. The summed E-state index contributed by atoms with van der Waals surface area (Å²) in [5.41, 5.74) is -0.176. The predicted octanol–water partition coefficient (Wildman–Crippen LogP) is 1.94. The molecule has 0 saturated carbocycles. The predicted molar refractivity (Wildman–Crippen MR) is 78.5 cm³/mol. The lowest BCUT2D eigenvalue weighted by molar-refractivity contribution is -0.136. The minimum absolute atomic E-state index is 0.00117. The van der Waals surface area contributed by atoms with Crippen molar-refractivity contribution in [1.29, 1.82) is 0 Å². The summed E-state index contributed by atoms with van der Waals surface area (Å²) in [6.07, 6.45) is 0.00592. The van der Waals surface area contributed by atoms with Crippen LogP contribution < -0.4 is 10.6 Å². The van der Waals surface area contributed by atoms with Crippen molar-refractivity contribution in [2.75, 3.05) is 11.9 Å². The van der Waals surface area contributed by atoms with Gasteiger partial charge in [-0.15, -0.1) is 0 Å². The molecule has 0 aliphatic heterocycles. The second-order valence-electron chi connectivity index (χ2n) is 4.74. The molecule has 2 unspecified atom stereocenters. The monoisotopic (exact) mass is 316 g/mol. The third-order valence-corrected chi connectivity index (χ3v) is 3.39. The van der Waals surface area contributed by atoms with Crippen LogP contribution in [0.25, 0.3) is 0 Å². The minimum Gasteiger partial charge on any atom is -0.391 e. The van der Waals surface area contributed by atoms with Gasteiger partial charge in [-0.25, -0.2) is 4.39 Å². The number of aliphatic hydroxyl groups excluding tert-OH is 1. The number of nitrogens with one attached hydrogen (secondary N) is 2. The van der Waals surface area contributed by atoms with E-state index in [1.807, 2.05) is 13.8 Å². The number of carbonyl (C=O) groups is 2. The number of aliphatic hydroxyl groups is 1. The highest BCUT2D eigenvalue weighted by Gasteiger charge is 2.18. The zero-order valence-corrected chi connectivity index (χ0v) is 12.6. The fourth-order valence-electron chi connectivity index (χ4n) is 1.52. The van der Waals surface area contributed by atoms with Gasteiger partial charge in [-0.05, 0) is 24.1 Å². The van der Waals surface area contributed by atoms with Gasteiger partial charge in [0.25, 0.3) is 0 Å². The van der Waals surface area contributed by atoms with Crippen molar-refractivity contribution in [2.24, 2.45) is 5.92 Å². The van der Waals surface area contributed by atoms with Gasteiger partial charge in [-0.1, -0.05) is 31.9 Å². The first-order valence-electron chi connectivity index (χ1n) is 6.57. The molecule has 116 valence electrons. The van der Waals surface area contributed by atoms with Crippen molar-refractivity contribution in [3.63, 3.8) is 0 Å². The number of hydrogen-bond donors (Lipinski definition) is 3. The average Bonchev–Trinajstić information content (AvgIpc) is 2.47. The lowest BCUT2D eigenvalue weighted by atomic mass is 10.0. The maximum atomic E-state index is 13.4. The van der Waals surface area contributed by atoms with Gasteiger partial charge in [0.1, 0.15) is 5.82 Å². The lowest BCUT2D eigenvalue weighted by Gasteiger charge is -2.17.